The van der Waals surface area contributed by atoms with Crippen LogP contribution in [0.3, 0.4) is 0 Å². The number of aryl methyl sites for hydroxylation is 2. The second-order valence-corrected chi connectivity index (χ2v) is 10.0. The molecule has 1 aliphatic rings. The van der Waals surface area contributed by atoms with Crippen molar-refractivity contribution >= 4 is 17.2 Å². The Hall–Kier alpha value is -2.64. The van der Waals surface area contributed by atoms with Crippen LogP contribution in [0.25, 0.3) is 0 Å². The number of carbonyl (C=O) groups excluding carboxylic acids is 1. The number of ether oxygens (including phenoxy) is 1. The number of carbonyl (C=O) groups is 1. The molecule has 1 aliphatic heterocycles. The maximum Gasteiger partial charge on any atom is 0.272 e. The zero-order valence-electron chi connectivity index (χ0n) is 19.9. The molecule has 4 rings (SSSR count). The van der Waals surface area contributed by atoms with Crippen LogP contribution in [0, 0.1) is 6.92 Å². The number of thiophene rings is 1. The minimum Gasteiger partial charge on any atom is -0.494 e. The highest BCUT2D eigenvalue weighted by atomic mass is 32.1. The topological polar surface area (TPSA) is 50.6 Å². The lowest BCUT2D eigenvalue weighted by Crippen LogP contribution is -2.45. The smallest absolute Gasteiger partial charge is 0.272 e. The molecule has 0 saturated carbocycles. The quantitative estimate of drug-likeness (QED) is 0.451. The van der Waals surface area contributed by atoms with Gasteiger partial charge in [0.05, 0.1) is 12.3 Å². The molecule has 0 unspecified atom stereocenters. The van der Waals surface area contributed by atoms with Gasteiger partial charge in [-0.1, -0.05) is 18.2 Å². The molecule has 0 aliphatic carbocycles. The van der Waals surface area contributed by atoms with E-state index in [1.165, 1.54) is 10.4 Å². The van der Waals surface area contributed by atoms with E-state index >= 15 is 0 Å². The van der Waals surface area contributed by atoms with Crippen molar-refractivity contribution in [3.63, 3.8) is 0 Å². The highest BCUT2D eigenvalue weighted by molar-refractivity contribution is 7.09. The van der Waals surface area contributed by atoms with Crippen LogP contribution in [0.1, 0.15) is 52.3 Å². The van der Waals surface area contributed by atoms with Gasteiger partial charge in [0.15, 0.2) is 0 Å². The number of hydrogen-bond acceptors (Lipinski definition) is 5. The summed E-state index contributed by atoms with van der Waals surface area (Å²) >= 11 is 1.80. The van der Waals surface area contributed by atoms with Crippen molar-refractivity contribution in [1.29, 1.82) is 0 Å². The first kappa shape index (κ1) is 23.5. The van der Waals surface area contributed by atoms with Crippen molar-refractivity contribution in [2.45, 2.75) is 51.7 Å². The standard InChI is InChI=1S/C26H34N4O2S/c1-20-17-25(29(3)27-20)26(31)30-14-5-4-7-22(30)13-15-32-23-11-9-21(10-12-23)18-28(2)19-24-8-6-16-33-24/h6,8-12,16-17,22H,4-5,7,13-15,18-19H2,1-3H3/t22-/m0/s1. The van der Waals surface area contributed by atoms with Crippen LogP contribution in [-0.4, -0.2) is 51.7 Å². The van der Waals surface area contributed by atoms with Crippen LogP contribution < -0.4 is 4.74 Å². The predicted molar refractivity (Wildman–Crippen MR) is 133 cm³/mol. The zero-order chi connectivity index (χ0) is 23.2. The van der Waals surface area contributed by atoms with E-state index in [-0.39, 0.29) is 11.9 Å². The lowest BCUT2D eigenvalue weighted by molar-refractivity contribution is 0.0569. The van der Waals surface area contributed by atoms with Crippen molar-refractivity contribution in [2.75, 3.05) is 20.2 Å². The highest BCUT2D eigenvalue weighted by Gasteiger charge is 2.29. The molecule has 1 atom stereocenters. The maximum atomic E-state index is 13.1. The van der Waals surface area contributed by atoms with Gasteiger partial charge in [-0.25, -0.2) is 0 Å². The van der Waals surface area contributed by atoms with Gasteiger partial charge in [0.1, 0.15) is 11.4 Å². The van der Waals surface area contributed by atoms with Crippen molar-refractivity contribution < 1.29 is 9.53 Å². The van der Waals surface area contributed by atoms with E-state index in [4.69, 9.17) is 4.74 Å². The molecule has 2 aromatic heterocycles. The molecule has 7 heteroatoms. The monoisotopic (exact) mass is 466 g/mol. The summed E-state index contributed by atoms with van der Waals surface area (Å²) < 4.78 is 7.74. The van der Waals surface area contributed by atoms with Gasteiger partial charge in [0, 0.05) is 44.0 Å². The number of amides is 1. The molecule has 0 radical (unpaired) electrons. The summed E-state index contributed by atoms with van der Waals surface area (Å²) in [5.74, 6) is 0.967. The first-order valence-electron chi connectivity index (χ1n) is 11.7. The third-order valence-electron chi connectivity index (χ3n) is 6.21. The van der Waals surface area contributed by atoms with Crippen molar-refractivity contribution in [2.24, 2.45) is 7.05 Å². The van der Waals surface area contributed by atoms with Crippen LogP contribution in [0.5, 0.6) is 5.75 Å². The van der Waals surface area contributed by atoms with Gasteiger partial charge in [0.2, 0.25) is 0 Å². The second-order valence-electron chi connectivity index (χ2n) is 8.98. The fraction of sp³-hybridized carbons (Fsp3) is 0.462. The Labute approximate surface area is 200 Å². The average molecular weight is 467 g/mol. The van der Waals surface area contributed by atoms with E-state index < -0.39 is 0 Å². The Morgan fingerprint density at radius 1 is 1.21 bits per heavy atom. The summed E-state index contributed by atoms with van der Waals surface area (Å²) in [4.78, 5) is 18.8. The Balaban J connectivity index is 1.27. The third-order valence-corrected chi connectivity index (χ3v) is 7.07. The van der Waals surface area contributed by atoms with Crippen LogP contribution in [0.15, 0.2) is 47.8 Å². The average Bonchev–Trinajstić information content (AvgIpc) is 3.43. The fourth-order valence-corrected chi connectivity index (χ4v) is 5.35. The van der Waals surface area contributed by atoms with Crippen LogP contribution in [0.2, 0.25) is 0 Å². The molecule has 1 saturated heterocycles. The van der Waals surface area contributed by atoms with Crippen LogP contribution in [0.4, 0.5) is 0 Å². The third kappa shape index (κ3) is 6.24. The lowest BCUT2D eigenvalue weighted by atomic mass is 9.99. The summed E-state index contributed by atoms with van der Waals surface area (Å²) in [6, 6.07) is 14.8. The Morgan fingerprint density at radius 3 is 2.73 bits per heavy atom. The number of nitrogens with zero attached hydrogens (tertiary/aromatic N) is 4. The minimum absolute atomic E-state index is 0.0822. The molecule has 1 fully saturated rings. The summed E-state index contributed by atoms with van der Waals surface area (Å²) in [6.07, 6.45) is 4.09. The maximum absolute atomic E-state index is 13.1. The van der Waals surface area contributed by atoms with Gasteiger partial charge in [-0.2, -0.15) is 5.10 Å². The molecule has 3 aromatic rings. The minimum atomic E-state index is 0.0822. The summed E-state index contributed by atoms with van der Waals surface area (Å²) in [6.45, 7) is 5.21. The number of benzene rings is 1. The molecule has 0 spiro atoms. The summed E-state index contributed by atoms with van der Waals surface area (Å²) in [5.41, 5.74) is 2.82. The van der Waals surface area contributed by atoms with Gasteiger partial charge in [-0.05, 0) is 68.4 Å². The van der Waals surface area contributed by atoms with E-state index in [2.05, 4.69) is 58.8 Å². The van der Waals surface area contributed by atoms with E-state index in [0.29, 0.717) is 12.3 Å². The van der Waals surface area contributed by atoms with Gasteiger partial charge < -0.3 is 9.64 Å². The molecule has 176 valence electrons. The van der Waals surface area contributed by atoms with Gasteiger partial charge in [-0.15, -0.1) is 11.3 Å². The summed E-state index contributed by atoms with van der Waals surface area (Å²) in [5, 5.41) is 6.46. The Kier molecular flexibility index (Phi) is 7.83. The van der Waals surface area contributed by atoms with Crippen molar-refractivity contribution in [3.05, 3.63) is 69.7 Å². The fourth-order valence-electron chi connectivity index (χ4n) is 4.57. The lowest BCUT2D eigenvalue weighted by Gasteiger charge is -2.35. The van der Waals surface area contributed by atoms with Gasteiger partial charge in [-0.3, -0.25) is 14.4 Å². The van der Waals surface area contributed by atoms with Crippen molar-refractivity contribution in [3.8, 4) is 5.75 Å². The van der Waals surface area contributed by atoms with E-state index in [1.807, 2.05) is 24.9 Å². The first-order chi connectivity index (χ1) is 16.0. The molecule has 33 heavy (non-hydrogen) atoms. The van der Waals surface area contributed by atoms with Crippen molar-refractivity contribution in [1.82, 2.24) is 19.6 Å². The van der Waals surface area contributed by atoms with E-state index in [0.717, 1.165) is 56.8 Å². The number of piperidine rings is 1. The SMILES string of the molecule is Cc1cc(C(=O)N2CCCC[C@H]2CCOc2ccc(CN(C)Cc3cccs3)cc2)n(C)n1. The van der Waals surface area contributed by atoms with E-state index in [1.54, 1.807) is 16.0 Å². The molecular weight excluding hydrogens is 432 g/mol. The molecule has 0 N–H and O–H groups in total. The predicted octanol–water partition coefficient (Wildman–Crippen LogP) is 4.89. The molecule has 1 amide bonds. The normalized spacial score (nSPS) is 16.4. The largest absolute Gasteiger partial charge is 0.494 e. The second kappa shape index (κ2) is 11.0. The number of hydrogen-bond donors (Lipinski definition) is 0. The molecule has 1 aromatic carbocycles. The number of rotatable bonds is 9. The molecule has 3 heterocycles. The zero-order valence-corrected chi connectivity index (χ0v) is 20.7. The van der Waals surface area contributed by atoms with Crippen LogP contribution in [-0.2, 0) is 20.1 Å². The highest BCUT2D eigenvalue weighted by Crippen LogP contribution is 2.23. The first-order valence-corrected chi connectivity index (χ1v) is 12.6. The number of aromatic nitrogens is 2. The Bertz CT molecular complexity index is 1030. The summed E-state index contributed by atoms with van der Waals surface area (Å²) in [7, 11) is 3.99. The van der Waals surface area contributed by atoms with E-state index in [9.17, 15) is 4.79 Å². The number of likely N-dealkylation sites (tertiary alicyclic amines) is 1. The van der Waals surface area contributed by atoms with Gasteiger partial charge in [0.25, 0.3) is 5.91 Å². The Morgan fingerprint density at radius 2 is 2.03 bits per heavy atom. The molecule has 6 nitrogen and oxygen atoms in total. The van der Waals surface area contributed by atoms with Gasteiger partial charge >= 0.3 is 0 Å². The molecular formula is C26H34N4O2S. The van der Waals surface area contributed by atoms with Crippen LogP contribution >= 0.6 is 11.3 Å². The molecule has 0 bridgehead atoms.